The zero-order chi connectivity index (χ0) is 22.4. The number of nitrogens with one attached hydrogen (secondary N) is 1. The number of sulfonamides is 2. The van der Waals surface area contributed by atoms with Crippen LogP contribution < -0.4 is 10.5 Å². The number of halogens is 1. The highest BCUT2D eigenvalue weighted by Gasteiger charge is 2.39. The van der Waals surface area contributed by atoms with Crippen molar-refractivity contribution in [1.29, 1.82) is 0 Å². The Morgan fingerprint density at radius 3 is 2.48 bits per heavy atom. The molecule has 1 aliphatic heterocycles. The van der Waals surface area contributed by atoms with Crippen molar-refractivity contribution in [3.05, 3.63) is 48.3 Å². The Morgan fingerprint density at radius 2 is 1.81 bits per heavy atom. The number of anilines is 1. The SMILES string of the molecule is NS(=O)(=O)c1ccc2nc(NC(=O)C3CCCN3S(=O)(=O)c3ccc(F)cc3)sc2c1. The lowest BCUT2D eigenvalue weighted by molar-refractivity contribution is -0.119. The van der Waals surface area contributed by atoms with E-state index in [-0.39, 0.29) is 21.5 Å². The largest absolute Gasteiger partial charge is 0.301 e. The van der Waals surface area contributed by atoms with Crippen LogP contribution >= 0.6 is 11.3 Å². The summed E-state index contributed by atoms with van der Waals surface area (Å²) < 4.78 is 63.6. The Labute approximate surface area is 181 Å². The van der Waals surface area contributed by atoms with Crippen LogP contribution in [0, 0.1) is 5.82 Å². The maximum absolute atomic E-state index is 13.2. The molecule has 1 fully saturated rings. The molecule has 0 aliphatic carbocycles. The first kappa shape index (κ1) is 21.8. The van der Waals surface area contributed by atoms with Crippen LogP contribution in [0.3, 0.4) is 0 Å². The number of carbonyl (C=O) groups excluding carboxylic acids is 1. The standard InChI is InChI=1S/C18H17FN4O5S3/c19-11-3-5-12(6-4-11)31(27,28)23-9-1-2-15(23)17(24)22-18-21-14-8-7-13(30(20,25)26)10-16(14)29-18/h3-8,10,15H,1-2,9H2,(H2,20,25,26)(H,21,22,24). The van der Waals surface area contributed by atoms with E-state index in [0.29, 0.717) is 23.1 Å². The first-order valence-electron chi connectivity index (χ1n) is 9.07. The van der Waals surface area contributed by atoms with E-state index >= 15 is 0 Å². The van der Waals surface area contributed by atoms with Crippen molar-refractivity contribution in [1.82, 2.24) is 9.29 Å². The van der Waals surface area contributed by atoms with Crippen molar-refractivity contribution >= 4 is 52.6 Å². The van der Waals surface area contributed by atoms with Gasteiger partial charge < -0.3 is 5.32 Å². The minimum atomic E-state index is -3.98. The monoisotopic (exact) mass is 484 g/mol. The minimum absolute atomic E-state index is 0.0751. The maximum Gasteiger partial charge on any atom is 0.244 e. The number of hydrogen-bond donors (Lipinski definition) is 2. The summed E-state index contributed by atoms with van der Waals surface area (Å²) in [6, 6.07) is 7.63. The fourth-order valence-corrected chi connectivity index (χ4v) is 6.53. The number of aromatic nitrogens is 1. The molecule has 164 valence electrons. The number of thiazole rings is 1. The van der Waals surface area contributed by atoms with E-state index in [0.717, 1.165) is 39.9 Å². The van der Waals surface area contributed by atoms with Gasteiger partial charge >= 0.3 is 0 Å². The minimum Gasteiger partial charge on any atom is -0.301 e. The van der Waals surface area contributed by atoms with Gasteiger partial charge in [-0.1, -0.05) is 11.3 Å². The van der Waals surface area contributed by atoms with Gasteiger partial charge in [-0.3, -0.25) is 4.79 Å². The number of nitrogens with zero attached hydrogens (tertiary/aromatic N) is 2. The van der Waals surface area contributed by atoms with Gasteiger partial charge in [0.15, 0.2) is 5.13 Å². The van der Waals surface area contributed by atoms with Crippen LogP contribution in [0.4, 0.5) is 9.52 Å². The second kappa shape index (κ2) is 7.91. The Bertz CT molecular complexity index is 1370. The fourth-order valence-electron chi connectivity index (χ4n) is 3.36. The van der Waals surface area contributed by atoms with Gasteiger partial charge in [-0.15, -0.1) is 0 Å². The van der Waals surface area contributed by atoms with Crippen LogP contribution in [0.15, 0.2) is 52.3 Å². The summed E-state index contributed by atoms with van der Waals surface area (Å²) in [5.74, 6) is -1.11. The molecule has 1 aliphatic rings. The summed E-state index contributed by atoms with van der Waals surface area (Å²) in [7, 11) is -7.86. The van der Waals surface area contributed by atoms with E-state index in [1.165, 1.54) is 18.2 Å². The number of nitrogens with two attached hydrogens (primary N) is 1. The number of benzene rings is 2. The molecule has 3 aromatic rings. The van der Waals surface area contributed by atoms with E-state index < -0.39 is 37.8 Å². The molecule has 1 amide bonds. The third kappa shape index (κ3) is 4.32. The van der Waals surface area contributed by atoms with Gasteiger partial charge in [0.25, 0.3) is 0 Å². The van der Waals surface area contributed by atoms with E-state index in [1.54, 1.807) is 0 Å². The summed E-state index contributed by atoms with van der Waals surface area (Å²) in [6.45, 7) is 0.162. The highest BCUT2D eigenvalue weighted by molar-refractivity contribution is 7.89. The first-order valence-corrected chi connectivity index (χ1v) is 12.9. The molecule has 1 atom stereocenters. The zero-order valence-electron chi connectivity index (χ0n) is 15.9. The normalized spacial score (nSPS) is 17.8. The van der Waals surface area contributed by atoms with Crippen molar-refractivity contribution in [2.24, 2.45) is 5.14 Å². The molecule has 3 N–H and O–H groups in total. The molecule has 31 heavy (non-hydrogen) atoms. The Kier molecular flexibility index (Phi) is 5.55. The molecule has 13 heteroatoms. The molecule has 0 radical (unpaired) electrons. The fraction of sp³-hybridized carbons (Fsp3) is 0.222. The lowest BCUT2D eigenvalue weighted by Gasteiger charge is -2.23. The topological polar surface area (TPSA) is 140 Å². The smallest absolute Gasteiger partial charge is 0.244 e. The molecule has 1 saturated heterocycles. The highest BCUT2D eigenvalue weighted by atomic mass is 32.2. The van der Waals surface area contributed by atoms with Crippen LogP contribution in [-0.2, 0) is 24.8 Å². The van der Waals surface area contributed by atoms with Gasteiger partial charge in [0.05, 0.1) is 20.0 Å². The number of rotatable bonds is 5. The summed E-state index contributed by atoms with van der Waals surface area (Å²) in [5.41, 5.74) is 0.468. The summed E-state index contributed by atoms with van der Waals surface area (Å²) in [4.78, 5) is 16.9. The quantitative estimate of drug-likeness (QED) is 0.567. The van der Waals surface area contributed by atoms with Crippen LogP contribution in [0.5, 0.6) is 0 Å². The molecular weight excluding hydrogens is 467 g/mol. The van der Waals surface area contributed by atoms with Crippen molar-refractivity contribution < 1.29 is 26.0 Å². The van der Waals surface area contributed by atoms with E-state index in [9.17, 15) is 26.0 Å². The Balaban J connectivity index is 1.57. The molecule has 4 rings (SSSR count). The van der Waals surface area contributed by atoms with Gasteiger partial charge in [-0.2, -0.15) is 4.31 Å². The van der Waals surface area contributed by atoms with Gasteiger partial charge in [0.1, 0.15) is 11.9 Å². The third-order valence-corrected chi connectivity index (χ3v) is 8.61. The molecule has 0 saturated carbocycles. The predicted octanol–water partition coefficient (Wildman–Crippen LogP) is 1.87. The number of amides is 1. The van der Waals surface area contributed by atoms with E-state index in [2.05, 4.69) is 10.3 Å². The van der Waals surface area contributed by atoms with Gasteiger partial charge in [-0.25, -0.2) is 31.3 Å². The lowest BCUT2D eigenvalue weighted by Crippen LogP contribution is -2.43. The molecule has 9 nitrogen and oxygen atoms in total. The molecule has 0 spiro atoms. The van der Waals surface area contributed by atoms with Crippen molar-refractivity contribution in [3.63, 3.8) is 0 Å². The second-order valence-electron chi connectivity index (χ2n) is 6.91. The van der Waals surface area contributed by atoms with Crippen LogP contribution in [-0.4, -0.2) is 44.6 Å². The van der Waals surface area contributed by atoms with Crippen LogP contribution in [0.1, 0.15) is 12.8 Å². The van der Waals surface area contributed by atoms with E-state index in [4.69, 9.17) is 5.14 Å². The molecular formula is C18H17FN4O5S3. The molecule has 0 bridgehead atoms. The van der Waals surface area contributed by atoms with Gasteiger partial charge in [-0.05, 0) is 55.3 Å². The number of primary sulfonamides is 1. The maximum atomic E-state index is 13.2. The highest BCUT2D eigenvalue weighted by Crippen LogP contribution is 2.30. The van der Waals surface area contributed by atoms with Crippen molar-refractivity contribution in [2.75, 3.05) is 11.9 Å². The summed E-state index contributed by atoms with van der Waals surface area (Å²) >= 11 is 1.05. The number of fused-ring (bicyclic) bond motifs is 1. The first-order chi connectivity index (χ1) is 14.6. The average Bonchev–Trinajstić information content (AvgIpc) is 3.34. The average molecular weight is 485 g/mol. The molecule has 1 aromatic heterocycles. The molecule has 2 aromatic carbocycles. The van der Waals surface area contributed by atoms with Crippen molar-refractivity contribution in [3.8, 4) is 0 Å². The van der Waals surface area contributed by atoms with Crippen molar-refractivity contribution in [2.45, 2.75) is 28.7 Å². The molecule has 1 unspecified atom stereocenters. The van der Waals surface area contributed by atoms with Gasteiger partial charge in [0, 0.05) is 6.54 Å². The summed E-state index contributed by atoms with van der Waals surface area (Å²) in [6.07, 6.45) is 0.822. The third-order valence-electron chi connectivity index (χ3n) is 4.85. The second-order valence-corrected chi connectivity index (χ2v) is 11.4. The lowest BCUT2D eigenvalue weighted by atomic mass is 10.2. The summed E-state index contributed by atoms with van der Waals surface area (Å²) in [5, 5.41) is 7.96. The number of hydrogen-bond acceptors (Lipinski definition) is 7. The van der Waals surface area contributed by atoms with Crippen LogP contribution in [0.25, 0.3) is 10.2 Å². The zero-order valence-corrected chi connectivity index (χ0v) is 18.3. The predicted molar refractivity (Wildman–Crippen MR) is 113 cm³/mol. The van der Waals surface area contributed by atoms with Crippen LogP contribution in [0.2, 0.25) is 0 Å². The Morgan fingerprint density at radius 1 is 1.13 bits per heavy atom. The number of carbonyl (C=O) groups is 1. The van der Waals surface area contributed by atoms with Gasteiger partial charge in [0.2, 0.25) is 26.0 Å². The molecule has 2 heterocycles. The van der Waals surface area contributed by atoms with E-state index in [1.807, 2.05) is 0 Å². The Hall–Kier alpha value is -2.45.